The van der Waals surface area contributed by atoms with Crippen molar-refractivity contribution in [2.75, 3.05) is 0 Å². The van der Waals surface area contributed by atoms with Crippen LogP contribution in [0.3, 0.4) is 0 Å². The first-order chi connectivity index (χ1) is 10.1. The van der Waals surface area contributed by atoms with Crippen molar-refractivity contribution in [3.63, 3.8) is 0 Å². The Labute approximate surface area is 121 Å². The van der Waals surface area contributed by atoms with Gasteiger partial charge in [0, 0.05) is 0 Å². The Balaban J connectivity index is 2.02. The standard InChI is InChI=1S/C12H8N4O4S/c1-7-14-11-9(4-5-21-11)12(17)15(7)13-6-8-2-3-10(20-8)16(18)19/h2-6H,1H3/b13-6-. The first-order valence-corrected chi connectivity index (χ1v) is 6.69. The molecule has 0 N–H and O–H groups in total. The number of hydrogen-bond acceptors (Lipinski definition) is 7. The highest BCUT2D eigenvalue weighted by molar-refractivity contribution is 7.16. The average Bonchev–Trinajstić information content (AvgIpc) is 3.06. The average molecular weight is 304 g/mol. The van der Waals surface area contributed by atoms with Gasteiger partial charge in [0.05, 0.1) is 17.7 Å². The molecule has 8 nitrogen and oxygen atoms in total. The van der Waals surface area contributed by atoms with Crippen molar-refractivity contribution < 1.29 is 9.34 Å². The largest absolute Gasteiger partial charge is 0.433 e. The molecule has 0 saturated carbocycles. The molecule has 21 heavy (non-hydrogen) atoms. The van der Waals surface area contributed by atoms with E-state index < -0.39 is 4.92 Å². The number of nitro groups is 1. The Morgan fingerprint density at radius 1 is 1.48 bits per heavy atom. The highest BCUT2D eigenvalue weighted by Crippen LogP contribution is 2.16. The van der Waals surface area contributed by atoms with Crippen LogP contribution >= 0.6 is 11.3 Å². The summed E-state index contributed by atoms with van der Waals surface area (Å²) in [6.07, 6.45) is 1.24. The normalized spacial score (nSPS) is 11.5. The van der Waals surface area contributed by atoms with Crippen molar-refractivity contribution in [3.05, 3.63) is 55.6 Å². The number of furan rings is 1. The summed E-state index contributed by atoms with van der Waals surface area (Å²) in [6.45, 7) is 1.66. The smallest absolute Gasteiger partial charge is 0.400 e. The molecule has 0 fully saturated rings. The maximum absolute atomic E-state index is 12.2. The Hall–Kier alpha value is -2.81. The quantitative estimate of drug-likeness (QED) is 0.419. The van der Waals surface area contributed by atoms with Crippen LogP contribution in [0.4, 0.5) is 5.88 Å². The maximum atomic E-state index is 12.2. The molecule has 0 spiro atoms. The van der Waals surface area contributed by atoms with Gasteiger partial charge in [-0.3, -0.25) is 14.9 Å². The van der Waals surface area contributed by atoms with Gasteiger partial charge in [-0.05, 0) is 24.4 Å². The van der Waals surface area contributed by atoms with Gasteiger partial charge in [0.15, 0.2) is 5.76 Å². The number of rotatable bonds is 3. The number of fused-ring (bicyclic) bond motifs is 1. The highest BCUT2D eigenvalue weighted by atomic mass is 32.1. The lowest BCUT2D eigenvalue weighted by atomic mass is 10.4. The first kappa shape index (κ1) is 13.2. The van der Waals surface area contributed by atoms with Gasteiger partial charge in [-0.15, -0.1) is 11.3 Å². The maximum Gasteiger partial charge on any atom is 0.433 e. The summed E-state index contributed by atoms with van der Waals surface area (Å²) in [5.41, 5.74) is -0.295. The van der Waals surface area contributed by atoms with Crippen LogP contribution in [0, 0.1) is 17.0 Å². The van der Waals surface area contributed by atoms with E-state index in [9.17, 15) is 14.9 Å². The van der Waals surface area contributed by atoms with Crippen LogP contribution in [0.5, 0.6) is 0 Å². The monoisotopic (exact) mass is 304 g/mol. The van der Waals surface area contributed by atoms with E-state index in [0.29, 0.717) is 16.0 Å². The van der Waals surface area contributed by atoms with Gasteiger partial charge in [-0.25, -0.2) is 4.98 Å². The molecule has 0 radical (unpaired) electrons. The van der Waals surface area contributed by atoms with Gasteiger partial charge in [0.2, 0.25) is 0 Å². The molecule has 0 amide bonds. The highest BCUT2D eigenvalue weighted by Gasteiger charge is 2.11. The molecule has 0 aromatic carbocycles. The molecule has 0 unspecified atom stereocenters. The van der Waals surface area contributed by atoms with Crippen molar-refractivity contribution in [1.82, 2.24) is 9.66 Å². The van der Waals surface area contributed by atoms with Gasteiger partial charge in [-0.2, -0.15) is 9.78 Å². The van der Waals surface area contributed by atoms with Crippen LogP contribution in [0.25, 0.3) is 10.2 Å². The molecule has 0 aliphatic heterocycles. The Morgan fingerprint density at radius 2 is 2.29 bits per heavy atom. The lowest BCUT2D eigenvalue weighted by Crippen LogP contribution is -2.19. The molecule has 0 bridgehead atoms. The summed E-state index contributed by atoms with van der Waals surface area (Å²) in [5.74, 6) is 0.220. The molecule has 3 heterocycles. The second-order valence-electron chi connectivity index (χ2n) is 4.09. The molecular formula is C12H8N4O4S. The molecule has 0 aliphatic rings. The number of nitrogens with zero attached hydrogens (tertiary/aromatic N) is 4. The third-order valence-corrected chi connectivity index (χ3v) is 3.54. The lowest BCUT2D eigenvalue weighted by molar-refractivity contribution is -0.402. The minimum atomic E-state index is -0.645. The molecule has 3 aromatic rings. The topological polar surface area (TPSA) is 104 Å². The van der Waals surface area contributed by atoms with Crippen molar-refractivity contribution in [2.24, 2.45) is 5.10 Å². The lowest BCUT2D eigenvalue weighted by Gasteiger charge is -2.01. The van der Waals surface area contributed by atoms with Gasteiger partial charge >= 0.3 is 5.88 Å². The third kappa shape index (κ3) is 2.34. The second-order valence-corrected chi connectivity index (χ2v) is 4.99. The third-order valence-electron chi connectivity index (χ3n) is 2.73. The molecule has 106 valence electrons. The van der Waals surface area contributed by atoms with Crippen LogP contribution < -0.4 is 5.56 Å². The number of aromatic nitrogens is 2. The van der Waals surface area contributed by atoms with E-state index in [4.69, 9.17) is 4.42 Å². The van der Waals surface area contributed by atoms with Gasteiger partial charge in [0.1, 0.15) is 15.6 Å². The zero-order valence-electron chi connectivity index (χ0n) is 10.7. The SMILES string of the molecule is Cc1nc2sccc2c(=O)n1/N=C\c1ccc([N+](=O)[O-])o1. The summed E-state index contributed by atoms with van der Waals surface area (Å²) in [4.78, 5) is 27.0. The molecule has 3 aromatic heterocycles. The molecule has 3 rings (SSSR count). The van der Waals surface area contributed by atoms with E-state index in [1.54, 1.807) is 18.4 Å². The second kappa shape index (κ2) is 4.94. The van der Waals surface area contributed by atoms with Crippen molar-refractivity contribution in [2.45, 2.75) is 6.92 Å². The predicted molar refractivity (Wildman–Crippen MR) is 77.0 cm³/mol. The van der Waals surface area contributed by atoms with E-state index in [1.165, 1.54) is 29.7 Å². The minimum absolute atomic E-state index is 0.179. The molecule has 9 heteroatoms. The summed E-state index contributed by atoms with van der Waals surface area (Å²) in [7, 11) is 0. The molecular weight excluding hydrogens is 296 g/mol. The van der Waals surface area contributed by atoms with Gasteiger partial charge < -0.3 is 4.42 Å². The fourth-order valence-electron chi connectivity index (χ4n) is 1.77. The fraction of sp³-hybridized carbons (Fsp3) is 0.0833. The van der Waals surface area contributed by atoms with Gasteiger partial charge in [-0.1, -0.05) is 0 Å². The Bertz CT molecular complexity index is 921. The van der Waals surface area contributed by atoms with Crippen molar-refractivity contribution >= 4 is 33.7 Å². The minimum Gasteiger partial charge on any atom is -0.400 e. The predicted octanol–water partition coefficient (Wildman–Crippen LogP) is 2.15. The van der Waals surface area contributed by atoms with Crippen LogP contribution in [0.2, 0.25) is 0 Å². The van der Waals surface area contributed by atoms with Crippen LogP contribution in [-0.4, -0.2) is 20.8 Å². The summed E-state index contributed by atoms with van der Waals surface area (Å²) < 4.78 is 6.07. The van der Waals surface area contributed by atoms with E-state index in [-0.39, 0.29) is 17.2 Å². The summed E-state index contributed by atoms with van der Waals surface area (Å²) >= 11 is 1.38. The molecule has 0 aliphatic carbocycles. The summed E-state index contributed by atoms with van der Waals surface area (Å²) in [6, 6.07) is 4.30. The van der Waals surface area contributed by atoms with E-state index in [0.717, 1.165) is 4.68 Å². The Morgan fingerprint density at radius 3 is 3.00 bits per heavy atom. The first-order valence-electron chi connectivity index (χ1n) is 5.81. The van der Waals surface area contributed by atoms with Crippen LogP contribution in [0.15, 0.2) is 37.9 Å². The number of thiophene rings is 1. The number of hydrogen-bond donors (Lipinski definition) is 0. The Kier molecular flexibility index (Phi) is 3.10. The van der Waals surface area contributed by atoms with Crippen molar-refractivity contribution in [1.29, 1.82) is 0 Å². The number of aryl methyl sites for hydroxylation is 1. The molecule has 0 saturated heterocycles. The van der Waals surface area contributed by atoms with E-state index >= 15 is 0 Å². The van der Waals surface area contributed by atoms with Crippen molar-refractivity contribution in [3.8, 4) is 0 Å². The van der Waals surface area contributed by atoms with Crippen LogP contribution in [0.1, 0.15) is 11.6 Å². The zero-order chi connectivity index (χ0) is 15.0. The molecule has 0 atom stereocenters. The van der Waals surface area contributed by atoms with Crippen LogP contribution in [-0.2, 0) is 0 Å². The van der Waals surface area contributed by atoms with E-state index in [1.807, 2.05) is 0 Å². The summed E-state index contributed by atoms with van der Waals surface area (Å²) in [5, 5.41) is 16.8. The fourth-order valence-corrected chi connectivity index (χ4v) is 2.57. The van der Waals surface area contributed by atoms with Gasteiger partial charge in [0.25, 0.3) is 5.56 Å². The zero-order valence-corrected chi connectivity index (χ0v) is 11.5. The van der Waals surface area contributed by atoms with E-state index in [2.05, 4.69) is 10.1 Å².